The van der Waals surface area contributed by atoms with Gasteiger partial charge in [-0.15, -0.1) is 0 Å². The van der Waals surface area contributed by atoms with E-state index in [0.717, 1.165) is 32.7 Å². The van der Waals surface area contributed by atoms with Crippen molar-refractivity contribution in [3.63, 3.8) is 0 Å². The van der Waals surface area contributed by atoms with Gasteiger partial charge in [-0.3, -0.25) is 4.99 Å². The van der Waals surface area contributed by atoms with Crippen LogP contribution in [-0.4, -0.2) is 44.2 Å². The summed E-state index contributed by atoms with van der Waals surface area (Å²) in [6.45, 7) is 11.9. The normalized spacial score (nSPS) is 12.9. The fourth-order valence-electron chi connectivity index (χ4n) is 1.40. The highest BCUT2D eigenvalue weighted by atomic mass is 16.5. The lowest BCUT2D eigenvalue weighted by Gasteiger charge is -2.24. The summed E-state index contributed by atoms with van der Waals surface area (Å²) in [5.74, 6) is 0.649. The molecule has 0 unspecified atom stereocenters. The van der Waals surface area contributed by atoms with E-state index in [2.05, 4.69) is 37.6 Å². The van der Waals surface area contributed by atoms with Crippen LogP contribution in [0.15, 0.2) is 4.99 Å². The fourth-order valence-corrected chi connectivity index (χ4v) is 1.40. The minimum Gasteiger partial charge on any atom is -0.385 e. The monoisotopic (exact) mass is 229 g/mol. The second-order valence-electron chi connectivity index (χ2n) is 4.75. The number of hydrogen-bond acceptors (Lipinski definition) is 2. The van der Waals surface area contributed by atoms with Gasteiger partial charge in [0.2, 0.25) is 0 Å². The van der Waals surface area contributed by atoms with E-state index in [-0.39, 0.29) is 5.41 Å². The van der Waals surface area contributed by atoms with E-state index in [4.69, 9.17) is 10.5 Å². The van der Waals surface area contributed by atoms with Gasteiger partial charge in [-0.25, -0.2) is 0 Å². The first kappa shape index (κ1) is 15.2. The van der Waals surface area contributed by atoms with Gasteiger partial charge in [0.05, 0.1) is 0 Å². The molecule has 0 saturated heterocycles. The van der Waals surface area contributed by atoms with Gasteiger partial charge in [-0.05, 0) is 25.7 Å². The third-order valence-electron chi connectivity index (χ3n) is 2.74. The van der Waals surface area contributed by atoms with Crippen LogP contribution in [0.25, 0.3) is 0 Å². The Bertz CT molecular complexity index is 210. The average Bonchev–Trinajstić information content (AvgIpc) is 2.25. The molecule has 0 fully saturated rings. The number of aliphatic imine (C=N–C) groups is 1. The zero-order chi connectivity index (χ0) is 12.6. The Morgan fingerprint density at radius 3 is 2.31 bits per heavy atom. The average molecular weight is 229 g/mol. The highest BCUT2D eigenvalue weighted by Crippen LogP contribution is 2.20. The van der Waals surface area contributed by atoms with Crippen molar-refractivity contribution >= 4 is 5.96 Å². The molecular formula is C12H27N3O. The summed E-state index contributed by atoms with van der Waals surface area (Å²) in [4.78, 5) is 6.52. The van der Waals surface area contributed by atoms with Gasteiger partial charge in [0.25, 0.3) is 0 Å². The maximum absolute atomic E-state index is 5.92. The topological polar surface area (TPSA) is 50.8 Å². The minimum absolute atomic E-state index is 0.147. The van der Waals surface area contributed by atoms with E-state index in [1.807, 2.05) is 0 Å². The molecule has 0 aliphatic heterocycles. The Morgan fingerprint density at radius 1 is 1.31 bits per heavy atom. The van der Waals surface area contributed by atoms with Crippen molar-refractivity contribution in [1.29, 1.82) is 0 Å². The molecule has 0 rings (SSSR count). The molecule has 4 heteroatoms. The predicted molar refractivity (Wildman–Crippen MR) is 69.7 cm³/mol. The molecule has 4 nitrogen and oxygen atoms in total. The summed E-state index contributed by atoms with van der Waals surface area (Å²) in [6.07, 6.45) is 0.999. The number of nitrogens with two attached hydrogens (primary N) is 1. The first-order valence-corrected chi connectivity index (χ1v) is 6.00. The molecule has 0 aliphatic rings. The van der Waals surface area contributed by atoms with E-state index in [1.165, 1.54) is 0 Å². The van der Waals surface area contributed by atoms with E-state index >= 15 is 0 Å². The van der Waals surface area contributed by atoms with Crippen LogP contribution >= 0.6 is 0 Å². The highest BCUT2D eigenvalue weighted by Gasteiger charge is 2.17. The molecule has 16 heavy (non-hydrogen) atoms. The largest absolute Gasteiger partial charge is 0.385 e. The zero-order valence-electron chi connectivity index (χ0n) is 11.4. The van der Waals surface area contributed by atoms with Crippen molar-refractivity contribution in [3.05, 3.63) is 0 Å². The van der Waals surface area contributed by atoms with Crippen molar-refractivity contribution in [3.8, 4) is 0 Å². The lowest BCUT2D eigenvalue weighted by molar-refractivity contribution is 0.155. The third-order valence-corrected chi connectivity index (χ3v) is 2.74. The van der Waals surface area contributed by atoms with Gasteiger partial charge in [0, 0.05) is 33.4 Å². The van der Waals surface area contributed by atoms with Crippen LogP contribution in [0.1, 0.15) is 34.1 Å². The Labute approximate surface area is 99.9 Å². The van der Waals surface area contributed by atoms with Gasteiger partial charge in [-0.2, -0.15) is 0 Å². The predicted octanol–water partition coefficient (Wildman–Crippen LogP) is 1.71. The Balaban J connectivity index is 4.22. The van der Waals surface area contributed by atoms with Crippen molar-refractivity contribution in [2.24, 2.45) is 16.1 Å². The molecule has 0 aromatic carbocycles. The molecule has 0 aliphatic carbocycles. The molecular weight excluding hydrogens is 202 g/mol. The Morgan fingerprint density at radius 2 is 1.88 bits per heavy atom. The van der Waals surface area contributed by atoms with Crippen LogP contribution in [0.5, 0.6) is 0 Å². The lowest BCUT2D eigenvalue weighted by atomic mass is 9.90. The van der Waals surface area contributed by atoms with Crippen LogP contribution in [-0.2, 0) is 4.74 Å². The van der Waals surface area contributed by atoms with Crippen LogP contribution in [0.4, 0.5) is 0 Å². The SMILES string of the molecule is CCN(CC)C(N)=NCC(C)(C)CCOC. The number of ether oxygens (including phenoxy) is 1. The van der Waals surface area contributed by atoms with Crippen LogP contribution in [0.3, 0.4) is 0 Å². The van der Waals surface area contributed by atoms with Crippen molar-refractivity contribution in [1.82, 2.24) is 4.90 Å². The van der Waals surface area contributed by atoms with Gasteiger partial charge >= 0.3 is 0 Å². The molecule has 0 aromatic heterocycles. The Kier molecular flexibility index (Phi) is 7.13. The molecule has 0 aromatic rings. The summed E-state index contributed by atoms with van der Waals surface area (Å²) < 4.78 is 5.08. The summed E-state index contributed by atoms with van der Waals surface area (Å²) in [6, 6.07) is 0. The summed E-state index contributed by atoms with van der Waals surface area (Å²) in [5, 5.41) is 0. The van der Waals surface area contributed by atoms with E-state index in [1.54, 1.807) is 7.11 Å². The van der Waals surface area contributed by atoms with Crippen LogP contribution in [0.2, 0.25) is 0 Å². The second kappa shape index (κ2) is 7.49. The third kappa shape index (κ3) is 5.95. The number of nitrogens with zero attached hydrogens (tertiary/aromatic N) is 2. The number of hydrogen-bond donors (Lipinski definition) is 1. The van der Waals surface area contributed by atoms with Crippen molar-refractivity contribution in [2.75, 3.05) is 33.4 Å². The number of rotatable bonds is 7. The molecule has 0 saturated carbocycles. The Hall–Kier alpha value is -0.770. The van der Waals surface area contributed by atoms with Crippen molar-refractivity contribution in [2.45, 2.75) is 34.1 Å². The minimum atomic E-state index is 0.147. The number of methoxy groups -OCH3 is 1. The summed E-state index contributed by atoms with van der Waals surface area (Å²) in [5.41, 5.74) is 6.07. The van der Waals surface area contributed by atoms with Gasteiger partial charge in [0.1, 0.15) is 0 Å². The maximum Gasteiger partial charge on any atom is 0.191 e. The molecule has 0 bridgehead atoms. The molecule has 0 spiro atoms. The van der Waals surface area contributed by atoms with Gasteiger partial charge in [0.15, 0.2) is 5.96 Å². The van der Waals surface area contributed by atoms with Crippen molar-refractivity contribution < 1.29 is 4.74 Å². The zero-order valence-corrected chi connectivity index (χ0v) is 11.4. The highest BCUT2D eigenvalue weighted by molar-refractivity contribution is 5.78. The first-order chi connectivity index (χ1) is 7.46. The maximum atomic E-state index is 5.92. The molecule has 0 radical (unpaired) electrons. The van der Waals surface area contributed by atoms with E-state index < -0.39 is 0 Å². The number of guanidine groups is 1. The van der Waals surface area contributed by atoms with E-state index in [9.17, 15) is 0 Å². The second-order valence-corrected chi connectivity index (χ2v) is 4.75. The lowest BCUT2D eigenvalue weighted by Crippen LogP contribution is -2.37. The van der Waals surface area contributed by atoms with Crippen LogP contribution in [0, 0.1) is 5.41 Å². The van der Waals surface area contributed by atoms with Gasteiger partial charge in [-0.1, -0.05) is 13.8 Å². The molecule has 0 atom stereocenters. The standard InChI is InChI=1S/C12H27N3O/c1-6-15(7-2)11(13)14-10-12(3,4)8-9-16-5/h6-10H2,1-5H3,(H2,13,14). The summed E-state index contributed by atoms with van der Waals surface area (Å²) >= 11 is 0. The van der Waals surface area contributed by atoms with Crippen LogP contribution < -0.4 is 5.73 Å². The summed E-state index contributed by atoms with van der Waals surface area (Å²) in [7, 11) is 1.73. The molecule has 2 N–H and O–H groups in total. The quantitative estimate of drug-likeness (QED) is 0.534. The van der Waals surface area contributed by atoms with Gasteiger partial charge < -0.3 is 15.4 Å². The first-order valence-electron chi connectivity index (χ1n) is 6.00. The molecule has 96 valence electrons. The molecule has 0 heterocycles. The smallest absolute Gasteiger partial charge is 0.191 e. The van der Waals surface area contributed by atoms with E-state index in [0.29, 0.717) is 5.96 Å². The fraction of sp³-hybridized carbons (Fsp3) is 0.917. The molecule has 0 amide bonds.